The van der Waals surface area contributed by atoms with Crippen molar-refractivity contribution in [1.29, 1.82) is 0 Å². The first-order chi connectivity index (χ1) is 13.9. The van der Waals surface area contributed by atoms with Crippen LogP contribution in [0, 0.1) is 0 Å². The molecule has 0 aromatic heterocycles. The molecule has 0 saturated carbocycles. The summed E-state index contributed by atoms with van der Waals surface area (Å²) in [5.41, 5.74) is 3.82. The summed E-state index contributed by atoms with van der Waals surface area (Å²) >= 11 is 0. The minimum atomic E-state index is -1.34. The molecule has 0 fully saturated rings. The number of aliphatic hydroxyl groups is 2. The molecule has 2 N–H and O–H groups in total. The van der Waals surface area contributed by atoms with Gasteiger partial charge in [-0.2, -0.15) is 0 Å². The topological polar surface area (TPSA) is 53.4 Å². The maximum Gasteiger partial charge on any atom is 0.126 e. The summed E-state index contributed by atoms with van der Waals surface area (Å²) in [6.45, 7) is 2.69. The van der Waals surface area contributed by atoms with Crippen LogP contribution < -0.4 is 0 Å². The Bertz CT molecular complexity index is 755. The molecule has 6 nitrogen and oxygen atoms in total. The molecule has 168 valence electrons. The van der Waals surface area contributed by atoms with E-state index < -0.39 is 11.7 Å². The van der Waals surface area contributed by atoms with Gasteiger partial charge in [0.15, 0.2) is 0 Å². The molecular weight excluding hydrogens is 376 g/mol. The van der Waals surface area contributed by atoms with E-state index in [4.69, 9.17) is 0 Å². The first kappa shape index (κ1) is 24.7. The van der Waals surface area contributed by atoms with E-state index in [1.54, 1.807) is 0 Å². The highest BCUT2D eigenvalue weighted by molar-refractivity contribution is 5.75. The fraction of sp³-hybridized carbons (Fsp3) is 0.583. The first-order valence-electron chi connectivity index (χ1n) is 10.5. The summed E-state index contributed by atoms with van der Waals surface area (Å²) in [4.78, 5) is 8.28. The van der Waals surface area contributed by atoms with Gasteiger partial charge in [0, 0.05) is 26.2 Å². The largest absolute Gasteiger partial charge is 0.385 e. The van der Waals surface area contributed by atoms with Crippen LogP contribution in [0.15, 0.2) is 35.9 Å². The second kappa shape index (κ2) is 10.2. The molecule has 0 heterocycles. The number of nitrogens with zero attached hydrogens (tertiary/aromatic N) is 4. The number of hydrogen-bond donors (Lipinski definition) is 2. The Labute approximate surface area is 182 Å². The van der Waals surface area contributed by atoms with Gasteiger partial charge in [-0.15, -0.1) is 0 Å². The predicted octanol–water partition coefficient (Wildman–Crippen LogP) is 1.35. The lowest BCUT2D eigenvalue weighted by molar-refractivity contribution is -0.0264. The van der Waals surface area contributed by atoms with Gasteiger partial charge in [0.2, 0.25) is 0 Å². The Hall–Kier alpha value is -1.54. The summed E-state index contributed by atoms with van der Waals surface area (Å²) in [5.74, 6) is 0. The molecule has 1 aromatic rings. The Balaban J connectivity index is 2.57. The Kier molecular flexibility index (Phi) is 8.39. The Morgan fingerprint density at radius 3 is 1.70 bits per heavy atom. The lowest BCUT2D eigenvalue weighted by atomic mass is 9.79. The highest BCUT2D eigenvalue weighted by Crippen LogP contribution is 2.35. The standard InChI is InChI=1S/C24H40N4O2/c1-25(2)14-18-9-19(15-26(3)4)11-21(10-18)22-12-20(16-27(5)6)13-24(30,23(22)29)17-28(7)8/h9-13,23,29-30H,14-17H2,1-8H3. The van der Waals surface area contributed by atoms with Crippen molar-refractivity contribution in [2.45, 2.75) is 24.8 Å². The van der Waals surface area contributed by atoms with Crippen molar-refractivity contribution in [3.63, 3.8) is 0 Å². The molecular formula is C24H40N4O2. The predicted molar refractivity (Wildman–Crippen MR) is 125 cm³/mol. The SMILES string of the molecule is CN(C)CC1=CC(O)(CN(C)C)C(O)C(c2cc(CN(C)C)cc(CN(C)C)c2)=C1. The smallest absolute Gasteiger partial charge is 0.126 e. The average molecular weight is 417 g/mol. The molecule has 0 bridgehead atoms. The number of benzene rings is 1. The summed E-state index contributed by atoms with van der Waals surface area (Å²) in [6.07, 6.45) is 2.88. The Morgan fingerprint density at radius 1 is 0.767 bits per heavy atom. The van der Waals surface area contributed by atoms with Crippen LogP contribution in [0.4, 0.5) is 0 Å². The molecule has 2 unspecified atom stereocenters. The fourth-order valence-corrected chi connectivity index (χ4v) is 4.17. The van der Waals surface area contributed by atoms with Crippen LogP contribution >= 0.6 is 0 Å². The molecule has 1 aliphatic rings. The summed E-state index contributed by atoms with van der Waals surface area (Å²) < 4.78 is 0. The van der Waals surface area contributed by atoms with Gasteiger partial charge in [0.1, 0.15) is 11.7 Å². The maximum absolute atomic E-state index is 11.4. The van der Waals surface area contributed by atoms with E-state index in [9.17, 15) is 10.2 Å². The zero-order valence-electron chi connectivity index (χ0n) is 20.0. The second-order valence-electron chi connectivity index (χ2n) is 9.70. The monoisotopic (exact) mass is 416 g/mol. The maximum atomic E-state index is 11.4. The lowest BCUT2D eigenvalue weighted by Gasteiger charge is -2.38. The number of likely N-dealkylation sites (N-methyl/N-ethyl adjacent to an activating group) is 2. The molecule has 30 heavy (non-hydrogen) atoms. The van der Waals surface area contributed by atoms with E-state index >= 15 is 0 Å². The molecule has 1 aromatic carbocycles. The van der Waals surface area contributed by atoms with Gasteiger partial charge in [-0.05, 0) is 90.3 Å². The van der Waals surface area contributed by atoms with E-state index in [1.165, 1.54) is 11.1 Å². The summed E-state index contributed by atoms with van der Waals surface area (Å²) in [5, 5.41) is 22.7. The number of aliphatic hydroxyl groups excluding tert-OH is 1. The van der Waals surface area contributed by atoms with Crippen LogP contribution in [-0.2, 0) is 13.1 Å². The van der Waals surface area contributed by atoms with Crippen molar-refractivity contribution in [2.24, 2.45) is 0 Å². The van der Waals surface area contributed by atoms with E-state index in [1.807, 2.05) is 45.2 Å². The van der Waals surface area contributed by atoms with Crippen molar-refractivity contribution in [3.05, 3.63) is 52.6 Å². The number of rotatable bonds is 9. The summed E-state index contributed by atoms with van der Waals surface area (Å²) in [7, 11) is 16.1. The third-order valence-corrected chi connectivity index (χ3v) is 5.00. The molecule has 1 aliphatic carbocycles. The van der Waals surface area contributed by atoms with Crippen molar-refractivity contribution >= 4 is 5.57 Å². The van der Waals surface area contributed by atoms with Crippen molar-refractivity contribution in [1.82, 2.24) is 19.6 Å². The minimum Gasteiger partial charge on any atom is -0.385 e. The van der Waals surface area contributed by atoms with Crippen LogP contribution in [0.3, 0.4) is 0 Å². The van der Waals surface area contributed by atoms with Crippen molar-refractivity contribution < 1.29 is 10.2 Å². The van der Waals surface area contributed by atoms with E-state index in [0.717, 1.165) is 29.8 Å². The van der Waals surface area contributed by atoms with E-state index in [-0.39, 0.29) is 0 Å². The normalized spacial score (nSPS) is 22.3. The number of hydrogen-bond acceptors (Lipinski definition) is 6. The molecule has 0 spiro atoms. The molecule has 2 atom stereocenters. The van der Waals surface area contributed by atoms with Gasteiger partial charge in [-0.25, -0.2) is 0 Å². The first-order valence-corrected chi connectivity index (χ1v) is 10.5. The third-order valence-electron chi connectivity index (χ3n) is 5.00. The van der Waals surface area contributed by atoms with Gasteiger partial charge >= 0.3 is 0 Å². The Morgan fingerprint density at radius 2 is 1.27 bits per heavy atom. The lowest BCUT2D eigenvalue weighted by Crippen LogP contribution is -2.50. The van der Waals surface area contributed by atoms with Crippen LogP contribution in [0.1, 0.15) is 16.7 Å². The molecule has 6 heteroatoms. The van der Waals surface area contributed by atoms with Crippen LogP contribution in [-0.4, -0.2) is 111 Å². The van der Waals surface area contributed by atoms with Gasteiger partial charge in [0.05, 0.1) is 0 Å². The molecule has 2 rings (SSSR count). The zero-order chi connectivity index (χ0) is 22.6. The molecule has 0 amide bonds. The fourth-order valence-electron chi connectivity index (χ4n) is 4.17. The third kappa shape index (κ3) is 6.74. The van der Waals surface area contributed by atoms with Crippen molar-refractivity contribution in [2.75, 3.05) is 69.5 Å². The van der Waals surface area contributed by atoms with Crippen LogP contribution in [0.5, 0.6) is 0 Å². The van der Waals surface area contributed by atoms with Crippen LogP contribution in [0.2, 0.25) is 0 Å². The molecule has 0 radical (unpaired) electrons. The molecule has 0 saturated heterocycles. The van der Waals surface area contributed by atoms with Gasteiger partial charge in [-0.3, -0.25) is 0 Å². The van der Waals surface area contributed by atoms with Crippen LogP contribution in [0.25, 0.3) is 5.57 Å². The van der Waals surface area contributed by atoms with Gasteiger partial charge in [0.25, 0.3) is 0 Å². The van der Waals surface area contributed by atoms with Crippen molar-refractivity contribution in [3.8, 4) is 0 Å². The minimum absolute atomic E-state index is 0.352. The van der Waals surface area contributed by atoms with Gasteiger partial charge < -0.3 is 29.8 Å². The average Bonchev–Trinajstić information content (AvgIpc) is 2.55. The highest BCUT2D eigenvalue weighted by atomic mass is 16.3. The quantitative estimate of drug-likeness (QED) is 0.634. The highest BCUT2D eigenvalue weighted by Gasteiger charge is 2.40. The van der Waals surface area contributed by atoms with E-state index in [0.29, 0.717) is 13.1 Å². The summed E-state index contributed by atoms with van der Waals surface area (Å²) in [6, 6.07) is 6.51. The molecule has 0 aliphatic heterocycles. The zero-order valence-corrected chi connectivity index (χ0v) is 20.0. The van der Waals surface area contributed by atoms with E-state index in [2.05, 4.69) is 61.1 Å². The second-order valence-corrected chi connectivity index (χ2v) is 9.70. The van der Waals surface area contributed by atoms with Gasteiger partial charge in [-0.1, -0.05) is 24.3 Å².